The van der Waals surface area contributed by atoms with E-state index < -0.39 is 0 Å². The summed E-state index contributed by atoms with van der Waals surface area (Å²) in [7, 11) is 0. The first-order valence-corrected chi connectivity index (χ1v) is 7.25. The van der Waals surface area contributed by atoms with Gasteiger partial charge in [-0.15, -0.1) is 0 Å². The van der Waals surface area contributed by atoms with E-state index in [1.54, 1.807) is 0 Å². The highest BCUT2D eigenvalue weighted by Gasteiger charge is 2.26. The molecule has 0 bridgehead atoms. The van der Waals surface area contributed by atoms with Crippen molar-refractivity contribution in [1.29, 1.82) is 0 Å². The summed E-state index contributed by atoms with van der Waals surface area (Å²) in [6.45, 7) is 8.63. The van der Waals surface area contributed by atoms with E-state index in [0.29, 0.717) is 0 Å². The molecule has 1 unspecified atom stereocenters. The van der Waals surface area contributed by atoms with Crippen LogP contribution in [0, 0.1) is 5.92 Å². The molecule has 0 aromatic heterocycles. The van der Waals surface area contributed by atoms with E-state index in [1.165, 1.54) is 58.2 Å². The molecule has 1 saturated heterocycles. The fourth-order valence-electron chi connectivity index (χ4n) is 2.79. The average Bonchev–Trinajstić information content (AvgIpc) is 3.03. The minimum absolute atomic E-state index is 0.763. The Morgan fingerprint density at radius 1 is 1.06 bits per heavy atom. The van der Waals surface area contributed by atoms with Gasteiger partial charge in [-0.05, 0) is 44.7 Å². The van der Waals surface area contributed by atoms with Crippen molar-refractivity contribution in [2.45, 2.75) is 64.5 Å². The van der Waals surface area contributed by atoms with Crippen molar-refractivity contribution in [1.82, 2.24) is 10.2 Å². The molecule has 1 aliphatic heterocycles. The SMILES string of the molecule is CC(C)C(CNC1CC1)N1CCCCCC1. The van der Waals surface area contributed by atoms with Gasteiger partial charge >= 0.3 is 0 Å². The maximum atomic E-state index is 3.71. The number of hydrogen-bond donors (Lipinski definition) is 1. The minimum atomic E-state index is 0.763. The van der Waals surface area contributed by atoms with Gasteiger partial charge in [0.05, 0.1) is 0 Å². The number of likely N-dealkylation sites (tertiary alicyclic amines) is 1. The van der Waals surface area contributed by atoms with Gasteiger partial charge in [0.15, 0.2) is 0 Å². The third-order valence-corrected chi connectivity index (χ3v) is 4.07. The van der Waals surface area contributed by atoms with Gasteiger partial charge in [0.25, 0.3) is 0 Å². The van der Waals surface area contributed by atoms with E-state index in [1.807, 2.05) is 0 Å². The monoisotopic (exact) mass is 224 g/mol. The third-order valence-electron chi connectivity index (χ3n) is 4.07. The molecule has 2 heteroatoms. The molecular weight excluding hydrogens is 196 g/mol. The van der Waals surface area contributed by atoms with E-state index in [-0.39, 0.29) is 0 Å². The Morgan fingerprint density at radius 2 is 1.69 bits per heavy atom. The van der Waals surface area contributed by atoms with Gasteiger partial charge in [-0.2, -0.15) is 0 Å². The molecule has 1 atom stereocenters. The second kappa shape index (κ2) is 6.02. The highest BCUT2D eigenvalue weighted by molar-refractivity contribution is 4.85. The predicted molar refractivity (Wildman–Crippen MR) is 69.7 cm³/mol. The Morgan fingerprint density at radius 3 is 2.19 bits per heavy atom. The maximum Gasteiger partial charge on any atom is 0.0243 e. The topological polar surface area (TPSA) is 15.3 Å². The van der Waals surface area contributed by atoms with E-state index in [0.717, 1.165) is 18.0 Å². The van der Waals surface area contributed by atoms with Gasteiger partial charge < -0.3 is 5.32 Å². The number of rotatable bonds is 5. The zero-order chi connectivity index (χ0) is 11.4. The van der Waals surface area contributed by atoms with Gasteiger partial charge in [-0.25, -0.2) is 0 Å². The summed E-state index contributed by atoms with van der Waals surface area (Å²) in [5, 5.41) is 3.71. The molecule has 0 aromatic carbocycles. The molecule has 0 aromatic rings. The Kier molecular flexibility index (Phi) is 4.66. The van der Waals surface area contributed by atoms with E-state index in [9.17, 15) is 0 Å². The minimum Gasteiger partial charge on any atom is -0.312 e. The van der Waals surface area contributed by atoms with Crippen LogP contribution in [0.2, 0.25) is 0 Å². The molecule has 1 saturated carbocycles. The van der Waals surface area contributed by atoms with Gasteiger partial charge in [0.2, 0.25) is 0 Å². The highest BCUT2D eigenvalue weighted by Crippen LogP contribution is 2.21. The molecule has 2 nitrogen and oxygen atoms in total. The molecule has 1 N–H and O–H groups in total. The van der Waals surface area contributed by atoms with E-state index >= 15 is 0 Å². The summed E-state index contributed by atoms with van der Waals surface area (Å²) in [4.78, 5) is 2.74. The first-order valence-electron chi connectivity index (χ1n) is 7.25. The summed E-state index contributed by atoms with van der Waals surface area (Å²) in [6.07, 6.45) is 8.52. The van der Waals surface area contributed by atoms with Crippen LogP contribution >= 0.6 is 0 Å². The van der Waals surface area contributed by atoms with Crippen LogP contribution in [0.15, 0.2) is 0 Å². The van der Waals surface area contributed by atoms with Crippen molar-refractivity contribution in [3.05, 3.63) is 0 Å². The zero-order valence-electron chi connectivity index (χ0n) is 11.0. The largest absolute Gasteiger partial charge is 0.312 e. The summed E-state index contributed by atoms with van der Waals surface area (Å²) in [5.41, 5.74) is 0. The molecule has 0 radical (unpaired) electrons. The Bertz CT molecular complexity index is 191. The normalized spacial score (nSPS) is 25.7. The Hall–Kier alpha value is -0.0800. The average molecular weight is 224 g/mol. The van der Waals surface area contributed by atoms with Crippen LogP contribution in [0.5, 0.6) is 0 Å². The van der Waals surface area contributed by atoms with Gasteiger partial charge in [-0.3, -0.25) is 4.90 Å². The molecule has 1 heterocycles. The lowest BCUT2D eigenvalue weighted by Crippen LogP contribution is -2.46. The van der Waals surface area contributed by atoms with E-state index in [4.69, 9.17) is 0 Å². The van der Waals surface area contributed by atoms with Crippen LogP contribution in [0.25, 0.3) is 0 Å². The Labute approximate surface area is 101 Å². The van der Waals surface area contributed by atoms with Crippen molar-refractivity contribution in [2.24, 2.45) is 5.92 Å². The third kappa shape index (κ3) is 3.74. The fourth-order valence-corrected chi connectivity index (χ4v) is 2.79. The zero-order valence-corrected chi connectivity index (χ0v) is 11.0. The molecule has 0 amide bonds. The van der Waals surface area contributed by atoms with Gasteiger partial charge in [0, 0.05) is 18.6 Å². The van der Waals surface area contributed by atoms with Gasteiger partial charge in [-0.1, -0.05) is 26.7 Å². The second-order valence-corrected chi connectivity index (χ2v) is 5.94. The number of nitrogens with one attached hydrogen (secondary N) is 1. The summed E-state index contributed by atoms with van der Waals surface area (Å²) >= 11 is 0. The summed E-state index contributed by atoms with van der Waals surface area (Å²) in [6, 6.07) is 1.62. The molecule has 0 spiro atoms. The molecule has 2 fully saturated rings. The lowest BCUT2D eigenvalue weighted by Gasteiger charge is -2.34. The first kappa shape index (κ1) is 12.4. The van der Waals surface area contributed by atoms with Crippen LogP contribution in [-0.4, -0.2) is 36.6 Å². The summed E-state index contributed by atoms with van der Waals surface area (Å²) in [5.74, 6) is 0.782. The Balaban J connectivity index is 1.82. The maximum absolute atomic E-state index is 3.71. The van der Waals surface area contributed by atoms with E-state index in [2.05, 4.69) is 24.1 Å². The van der Waals surface area contributed by atoms with Crippen LogP contribution < -0.4 is 5.32 Å². The van der Waals surface area contributed by atoms with Crippen molar-refractivity contribution in [3.8, 4) is 0 Å². The number of nitrogens with zero attached hydrogens (tertiary/aromatic N) is 1. The smallest absolute Gasteiger partial charge is 0.0243 e. The first-order chi connectivity index (χ1) is 7.77. The number of hydrogen-bond acceptors (Lipinski definition) is 2. The molecule has 1 aliphatic carbocycles. The molecular formula is C14H28N2. The standard InChI is InChI=1S/C14H28N2/c1-12(2)14(11-15-13-7-8-13)16-9-5-3-4-6-10-16/h12-15H,3-11H2,1-2H3. The highest BCUT2D eigenvalue weighted by atomic mass is 15.2. The van der Waals surface area contributed by atoms with Crippen molar-refractivity contribution in [3.63, 3.8) is 0 Å². The fraction of sp³-hybridized carbons (Fsp3) is 1.00. The molecule has 2 rings (SSSR count). The van der Waals surface area contributed by atoms with Crippen LogP contribution in [0.3, 0.4) is 0 Å². The summed E-state index contributed by atoms with van der Waals surface area (Å²) < 4.78 is 0. The lowest BCUT2D eigenvalue weighted by atomic mass is 10.0. The quantitative estimate of drug-likeness (QED) is 0.772. The second-order valence-electron chi connectivity index (χ2n) is 5.94. The van der Waals surface area contributed by atoms with Crippen molar-refractivity contribution < 1.29 is 0 Å². The van der Waals surface area contributed by atoms with Crippen molar-refractivity contribution >= 4 is 0 Å². The van der Waals surface area contributed by atoms with Crippen molar-refractivity contribution in [2.75, 3.05) is 19.6 Å². The van der Waals surface area contributed by atoms with Crippen LogP contribution in [0.4, 0.5) is 0 Å². The van der Waals surface area contributed by atoms with Gasteiger partial charge in [0.1, 0.15) is 0 Å². The molecule has 16 heavy (non-hydrogen) atoms. The van der Waals surface area contributed by atoms with Crippen LogP contribution in [-0.2, 0) is 0 Å². The predicted octanol–water partition coefficient (Wildman–Crippen LogP) is 2.64. The molecule has 94 valence electrons. The molecule has 2 aliphatic rings. The van der Waals surface area contributed by atoms with Crippen LogP contribution in [0.1, 0.15) is 52.4 Å². The lowest BCUT2D eigenvalue weighted by molar-refractivity contribution is 0.156.